The van der Waals surface area contributed by atoms with Gasteiger partial charge in [-0.25, -0.2) is 0 Å². The summed E-state index contributed by atoms with van der Waals surface area (Å²) in [6.07, 6.45) is 0.442. The Kier molecular flexibility index (Phi) is 4.31. The highest BCUT2D eigenvalue weighted by molar-refractivity contribution is 9.10. The molecule has 0 aliphatic rings. The van der Waals surface area contributed by atoms with E-state index in [0.29, 0.717) is 6.42 Å². The van der Waals surface area contributed by atoms with Crippen LogP contribution < -0.4 is 0 Å². The summed E-state index contributed by atoms with van der Waals surface area (Å²) in [5, 5.41) is 0. The van der Waals surface area contributed by atoms with E-state index in [1.165, 1.54) is 0 Å². The van der Waals surface area contributed by atoms with Gasteiger partial charge in [-0.15, -0.1) is 0 Å². The van der Waals surface area contributed by atoms with Crippen LogP contribution >= 0.6 is 27.7 Å². The van der Waals surface area contributed by atoms with Gasteiger partial charge in [0, 0.05) is 10.2 Å². The van der Waals surface area contributed by atoms with E-state index in [-0.39, 0.29) is 17.5 Å². The Morgan fingerprint density at radius 1 is 1.14 bits per heavy atom. The molecule has 14 heavy (non-hydrogen) atoms. The number of hydrogen-bond donors (Lipinski definition) is 0. The third-order valence-electron chi connectivity index (χ3n) is 1.57. The van der Waals surface area contributed by atoms with Crippen LogP contribution in [0.15, 0.2) is 28.7 Å². The average molecular weight is 285 g/mol. The zero-order valence-corrected chi connectivity index (χ0v) is 9.55. The van der Waals surface area contributed by atoms with E-state index in [4.69, 9.17) is 0 Å². The summed E-state index contributed by atoms with van der Waals surface area (Å²) in [4.78, 5) is 0. The molecule has 0 aliphatic heterocycles. The van der Waals surface area contributed by atoms with E-state index >= 15 is 0 Å². The van der Waals surface area contributed by atoms with Gasteiger partial charge < -0.3 is 0 Å². The normalized spacial score (nSPS) is 11.7. The zero-order chi connectivity index (χ0) is 10.6. The van der Waals surface area contributed by atoms with Crippen LogP contribution in [-0.4, -0.2) is 11.3 Å². The second-order valence-corrected chi connectivity index (χ2v) is 4.75. The maximum Gasteiger partial charge on any atom is 0.441 e. The van der Waals surface area contributed by atoms with Crippen molar-refractivity contribution in [2.45, 2.75) is 11.9 Å². The summed E-state index contributed by atoms with van der Waals surface area (Å²) in [6, 6.07) is 7.29. The summed E-state index contributed by atoms with van der Waals surface area (Å²) >= 11 is 3.28. The molecule has 5 heteroatoms. The molecule has 0 heterocycles. The first-order chi connectivity index (χ1) is 6.47. The monoisotopic (exact) mass is 284 g/mol. The molecule has 0 aromatic heterocycles. The molecular weight excluding hydrogens is 277 g/mol. The summed E-state index contributed by atoms with van der Waals surface area (Å²) in [5.74, 6) is 0.0745. The molecule has 0 radical (unpaired) electrons. The highest BCUT2D eigenvalue weighted by Gasteiger charge is 2.27. The van der Waals surface area contributed by atoms with Crippen LogP contribution in [0.1, 0.15) is 5.56 Å². The van der Waals surface area contributed by atoms with Crippen molar-refractivity contribution in [3.05, 3.63) is 34.3 Å². The number of hydrogen-bond acceptors (Lipinski definition) is 1. The second-order valence-electron chi connectivity index (χ2n) is 2.67. The van der Waals surface area contributed by atoms with Crippen molar-refractivity contribution in [1.29, 1.82) is 0 Å². The molecule has 0 atom stereocenters. The van der Waals surface area contributed by atoms with Crippen molar-refractivity contribution in [2.24, 2.45) is 0 Å². The Labute approximate surface area is 93.0 Å². The van der Waals surface area contributed by atoms with Gasteiger partial charge in [0.25, 0.3) is 0 Å². The number of rotatable bonds is 3. The fourth-order valence-electron chi connectivity index (χ4n) is 0.936. The minimum atomic E-state index is -4.12. The molecule has 78 valence electrons. The summed E-state index contributed by atoms with van der Waals surface area (Å²) in [7, 11) is 0. The van der Waals surface area contributed by atoms with Crippen LogP contribution in [0.5, 0.6) is 0 Å². The van der Waals surface area contributed by atoms with E-state index in [1.54, 1.807) is 0 Å². The Balaban J connectivity index is 2.35. The zero-order valence-electron chi connectivity index (χ0n) is 7.14. The second kappa shape index (κ2) is 5.07. The Hall–Kier alpha value is -0.160. The van der Waals surface area contributed by atoms with Crippen LogP contribution in [0.2, 0.25) is 0 Å². The fourth-order valence-corrected chi connectivity index (χ4v) is 1.77. The van der Waals surface area contributed by atoms with Gasteiger partial charge in [0.2, 0.25) is 0 Å². The predicted octanol–water partition coefficient (Wildman–Crippen LogP) is 4.24. The van der Waals surface area contributed by atoms with Crippen LogP contribution in [-0.2, 0) is 6.42 Å². The minimum Gasteiger partial charge on any atom is -0.160 e. The largest absolute Gasteiger partial charge is 0.441 e. The van der Waals surface area contributed by atoms with Gasteiger partial charge in [0.05, 0.1) is 0 Å². The molecular formula is C9H8BrF3S. The quantitative estimate of drug-likeness (QED) is 0.800. The van der Waals surface area contributed by atoms with Gasteiger partial charge in [0.1, 0.15) is 0 Å². The van der Waals surface area contributed by atoms with Gasteiger partial charge >= 0.3 is 5.51 Å². The third kappa shape index (κ3) is 4.91. The Bertz CT molecular complexity index is 281. The van der Waals surface area contributed by atoms with E-state index in [1.807, 2.05) is 24.3 Å². The summed E-state index contributed by atoms with van der Waals surface area (Å²) in [5.41, 5.74) is -3.19. The maximum absolute atomic E-state index is 11.8. The van der Waals surface area contributed by atoms with Crippen molar-refractivity contribution in [1.82, 2.24) is 0 Å². The molecule has 0 nitrogen and oxygen atoms in total. The van der Waals surface area contributed by atoms with Crippen molar-refractivity contribution >= 4 is 27.7 Å². The molecule has 1 aromatic rings. The number of aryl methyl sites for hydroxylation is 1. The predicted molar refractivity (Wildman–Crippen MR) is 56.4 cm³/mol. The van der Waals surface area contributed by atoms with Gasteiger partial charge in [-0.05, 0) is 24.1 Å². The molecule has 0 fully saturated rings. The fraction of sp³-hybridized carbons (Fsp3) is 0.333. The number of halogens is 4. The third-order valence-corrected chi connectivity index (χ3v) is 2.83. The number of benzene rings is 1. The number of thioether (sulfide) groups is 1. The lowest BCUT2D eigenvalue weighted by atomic mass is 10.2. The molecule has 0 amide bonds. The van der Waals surface area contributed by atoms with Crippen molar-refractivity contribution in [3.63, 3.8) is 0 Å². The molecule has 1 rings (SSSR count). The number of alkyl halides is 3. The van der Waals surface area contributed by atoms with Crippen LogP contribution in [0.4, 0.5) is 13.2 Å². The first-order valence-corrected chi connectivity index (χ1v) is 5.70. The van der Waals surface area contributed by atoms with E-state index in [2.05, 4.69) is 15.9 Å². The molecule has 0 aliphatic carbocycles. The lowest BCUT2D eigenvalue weighted by molar-refractivity contribution is -0.0327. The van der Waals surface area contributed by atoms with Crippen LogP contribution in [0.25, 0.3) is 0 Å². The van der Waals surface area contributed by atoms with E-state index in [0.717, 1.165) is 10.0 Å². The standard InChI is InChI=1S/C9H8BrF3S/c10-8-3-1-7(2-4-8)5-6-14-9(11,12)13/h1-4H,5-6H2. The topological polar surface area (TPSA) is 0 Å². The lowest BCUT2D eigenvalue weighted by Crippen LogP contribution is -2.02. The lowest BCUT2D eigenvalue weighted by Gasteiger charge is -2.05. The first kappa shape index (κ1) is 11.9. The SMILES string of the molecule is FC(F)(F)SCCc1ccc(Br)cc1. The molecule has 0 spiro atoms. The van der Waals surface area contributed by atoms with E-state index < -0.39 is 5.51 Å². The first-order valence-electron chi connectivity index (χ1n) is 3.92. The van der Waals surface area contributed by atoms with Crippen molar-refractivity contribution in [2.75, 3.05) is 5.75 Å². The van der Waals surface area contributed by atoms with Gasteiger partial charge in [-0.1, -0.05) is 39.8 Å². The molecule has 0 unspecified atom stereocenters. The average Bonchev–Trinajstić information content (AvgIpc) is 2.06. The van der Waals surface area contributed by atoms with Crippen LogP contribution in [0, 0.1) is 0 Å². The van der Waals surface area contributed by atoms with Gasteiger partial charge in [-0.2, -0.15) is 13.2 Å². The maximum atomic E-state index is 11.8. The molecule has 0 bridgehead atoms. The Morgan fingerprint density at radius 3 is 2.21 bits per heavy atom. The van der Waals surface area contributed by atoms with Crippen molar-refractivity contribution in [3.8, 4) is 0 Å². The highest BCUT2D eigenvalue weighted by atomic mass is 79.9. The molecule has 0 N–H and O–H groups in total. The van der Waals surface area contributed by atoms with Crippen LogP contribution in [0.3, 0.4) is 0 Å². The summed E-state index contributed by atoms with van der Waals surface area (Å²) < 4.78 is 36.3. The van der Waals surface area contributed by atoms with E-state index in [9.17, 15) is 13.2 Å². The van der Waals surface area contributed by atoms with Crippen molar-refractivity contribution < 1.29 is 13.2 Å². The molecule has 0 saturated carbocycles. The highest BCUT2D eigenvalue weighted by Crippen LogP contribution is 2.30. The summed E-state index contributed by atoms with van der Waals surface area (Å²) in [6.45, 7) is 0. The molecule has 0 saturated heterocycles. The van der Waals surface area contributed by atoms with Gasteiger partial charge in [0.15, 0.2) is 0 Å². The smallest absolute Gasteiger partial charge is 0.160 e. The Morgan fingerprint density at radius 2 is 1.71 bits per heavy atom. The minimum absolute atomic E-state index is 0.0209. The van der Waals surface area contributed by atoms with Gasteiger partial charge in [-0.3, -0.25) is 0 Å². The molecule has 1 aromatic carbocycles.